The second-order valence-electron chi connectivity index (χ2n) is 3.44. The highest BCUT2D eigenvalue weighted by Crippen LogP contribution is 2.10. The zero-order chi connectivity index (χ0) is 12.5. The molecule has 0 aliphatic heterocycles. The highest BCUT2D eigenvalue weighted by Gasteiger charge is 1.97. The number of benzene rings is 1. The predicted octanol–water partition coefficient (Wildman–Crippen LogP) is 1.55. The quantitative estimate of drug-likeness (QED) is 0.461. The van der Waals surface area contributed by atoms with Crippen molar-refractivity contribution in [3.8, 4) is 5.75 Å². The standard InChI is InChI=1S/C13H19N3O/c1-4-9-15-13(14-2)16-10-11-5-7-12(17-3)8-6-11/h4-8H,1,9-10H2,2-3H3,(H2,14,15,16). The number of ether oxygens (including phenoxy) is 1. The van der Waals surface area contributed by atoms with Crippen LogP contribution in [0.25, 0.3) is 0 Å². The SMILES string of the molecule is C=CCNC(=NC)NCc1ccc(OC)cc1. The van der Waals surface area contributed by atoms with Gasteiger partial charge in [0.1, 0.15) is 5.75 Å². The minimum absolute atomic E-state index is 0.697. The molecule has 0 atom stereocenters. The molecule has 4 heteroatoms. The molecule has 0 aliphatic carbocycles. The van der Waals surface area contributed by atoms with Gasteiger partial charge in [-0.3, -0.25) is 4.99 Å². The van der Waals surface area contributed by atoms with Crippen LogP contribution >= 0.6 is 0 Å². The van der Waals surface area contributed by atoms with Gasteiger partial charge in [0.05, 0.1) is 7.11 Å². The van der Waals surface area contributed by atoms with Gasteiger partial charge < -0.3 is 15.4 Å². The Hall–Kier alpha value is -1.97. The van der Waals surface area contributed by atoms with Gasteiger partial charge in [-0.2, -0.15) is 0 Å². The molecule has 1 rings (SSSR count). The van der Waals surface area contributed by atoms with Gasteiger partial charge in [0.15, 0.2) is 5.96 Å². The third-order valence-corrected chi connectivity index (χ3v) is 2.26. The van der Waals surface area contributed by atoms with Gasteiger partial charge >= 0.3 is 0 Å². The molecule has 0 bridgehead atoms. The molecule has 0 fully saturated rings. The molecule has 4 nitrogen and oxygen atoms in total. The van der Waals surface area contributed by atoms with Crippen molar-refractivity contribution in [2.75, 3.05) is 20.7 Å². The summed E-state index contributed by atoms with van der Waals surface area (Å²) in [5, 5.41) is 6.32. The summed E-state index contributed by atoms with van der Waals surface area (Å²) in [5.41, 5.74) is 1.17. The van der Waals surface area contributed by atoms with Gasteiger partial charge in [-0.15, -0.1) is 6.58 Å². The van der Waals surface area contributed by atoms with E-state index in [-0.39, 0.29) is 0 Å². The summed E-state index contributed by atoms with van der Waals surface area (Å²) in [6.07, 6.45) is 1.79. The average molecular weight is 233 g/mol. The monoisotopic (exact) mass is 233 g/mol. The first-order valence-electron chi connectivity index (χ1n) is 5.48. The van der Waals surface area contributed by atoms with Gasteiger partial charge in [0.2, 0.25) is 0 Å². The average Bonchev–Trinajstić information content (AvgIpc) is 2.39. The normalized spacial score (nSPS) is 10.8. The maximum absolute atomic E-state index is 5.10. The van der Waals surface area contributed by atoms with Crippen LogP contribution in [-0.2, 0) is 6.54 Å². The summed E-state index contributed by atoms with van der Waals surface area (Å²) in [4.78, 5) is 4.10. The van der Waals surface area contributed by atoms with Crippen LogP contribution in [0.15, 0.2) is 41.9 Å². The van der Waals surface area contributed by atoms with Crippen LogP contribution in [0.4, 0.5) is 0 Å². The maximum atomic E-state index is 5.10. The third-order valence-electron chi connectivity index (χ3n) is 2.26. The Morgan fingerprint density at radius 3 is 2.59 bits per heavy atom. The van der Waals surface area contributed by atoms with Crippen LogP contribution in [0.2, 0.25) is 0 Å². The lowest BCUT2D eigenvalue weighted by Crippen LogP contribution is -2.36. The zero-order valence-corrected chi connectivity index (χ0v) is 10.4. The number of rotatable bonds is 5. The Morgan fingerprint density at radius 2 is 2.06 bits per heavy atom. The van der Waals surface area contributed by atoms with E-state index in [1.807, 2.05) is 24.3 Å². The second kappa shape index (κ2) is 7.33. The summed E-state index contributed by atoms with van der Waals surface area (Å²) in [6.45, 7) is 5.06. The van der Waals surface area contributed by atoms with E-state index in [0.717, 1.165) is 18.3 Å². The molecule has 0 saturated heterocycles. The molecular formula is C13H19N3O. The van der Waals surface area contributed by atoms with Gasteiger partial charge in [0.25, 0.3) is 0 Å². The van der Waals surface area contributed by atoms with Crippen LogP contribution in [0.1, 0.15) is 5.56 Å². The highest BCUT2D eigenvalue weighted by molar-refractivity contribution is 5.79. The number of hydrogen-bond donors (Lipinski definition) is 2. The molecule has 2 N–H and O–H groups in total. The number of guanidine groups is 1. The van der Waals surface area contributed by atoms with Crippen LogP contribution < -0.4 is 15.4 Å². The first-order valence-corrected chi connectivity index (χ1v) is 5.48. The maximum Gasteiger partial charge on any atom is 0.191 e. The number of nitrogens with one attached hydrogen (secondary N) is 2. The van der Waals surface area contributed by atoms with Crippen LogP contribution in [0, 0.1) is 0 Å². The smallest absolute Gasteiger partial charge is 0.191 e. The zero-order valence-electron chi connectivity index (χ0n) is 10.4. The van der Waals surface area contributed by atoms with E-state index >= 15 is 0 Å². The summed E-state index contributed by atoms with van der Waals surface area (Å²) in [7, 11) is 3.40. The van der Waals surface area contributed by atoms with E-state index in [0.29, 0.717) is 6.54 Å². The third kappa shape index (κ3) is 4.59. The molecule has 0 spiro atoms. The molecule has 0 aromatic heterocycles. The topological polar surface area (TPSA) is 45.7 Å². The summed E-state index contributed by atoms with van der Waals surface area (Å²) >= 11 is 0. The van der Waals surface area contributed by atoms with Crippen molar-refractivity contribution in [3.05, 3.63) is 42.5 Å². The minimum Gasteiger partial charge on any atom is -0.497 e. The Morgan fingerprint density at radius 1 is 1.35 bits per heavy atom. The second-order valence-corrected chi connectivity index (χ2v) is 3.44. The molecule has 0 unspecified atom stereocenters. The molecule has 92 valence electrons. The first-order chi connectivity index (χ1) is 8.30. The lowest BCUT2D eigenvalue weighted by Gasteiger charge is -2.10. The largest absolute Gasteiger partial charge is 0.497 e. The van der Waals surface area contributed by atoms with Crippen molar-refractivity contribution in [2.24, 2.45) is 4.99 Å². The fourth-order valence-electron chi connectivity index (χ4n) is 1.32. The summed E-state index contributed by atoms with van der Waals surface area (Å²) in [6, 6.07) is 7.92. The number of nitrogens with zero attached hydrogens (tertiary/aromatic N) is 1. The van der Waals surface area contributed by atoms with E-state index in [2.05, 4.69) is 22.2 Å². The molecule has 1 aromatic rings. The Bertz CT molecular complexity index is 371. The summed E-state index contributed by atoms with van der Waals surface area (Å²) in [5.74, 6) is 1.63. The molecule has 0 aliphatic rings. The van der Waals surface area contributed by atoms with Crippen molar-refractivity contribution in [1.82, 2.24) is 10.6 Å². The van der Waals surface area contributed by atoms with Crippen LogP contribution in [0.3, 0.4) is 0 Å². The van der Waals surface area contributed by atoms with Crippen LogP contribution in [0.5, 0.6) is 5.75 Å². The molecule has 1 aromatic carbocycles. The fraction of sp³-hybridized carbons (Fsp3) is 0.308. The number of methoxy groups -OCH3 is 1. The minimum atomic E-state index is 0.697. The Labute approximate surface area is 102 Å². The molecule has 0 saturated carbocycles. The lowest BCUT2D eigenvalue weighted by atomic mass is 10.2. The van der Waals surface area contributed by atoms with E-state index in [1.165, 1.54) is 5.56 Å². The van der Waals surface area contributed by atoms with E-state index in [4.69, 9.17) is 4.74 Å². The Kier molecular flexibility index (Phi) is 5.64. The van der Waals surface area contributed by atoms with Gasteiger partial charge in [0, 0.05) is 20.1 Å². The summed E-state index contributed by atoms with van der Waals surface area (Å²) < 4.78 is 5.10. The van der Waals surface area contributed by atoms with Crippen molar-refractivity contribution in [3.63, 3.8) is 0 Å². The number of aliphatic imine (C=N–C) groups is 1. The highest BCUT2D eigenvalue weighted by atomic mass is 16.5. The van der Waals surface area contributed by atoms with Gasteiger partial charge in [-0.05, 0) is 17.7 Å². The van der Waals surface area contributed by atoms with E-state index in [9.17, 15) is 0 Å². The van der Waals surface area contributed by atoms with E-state index in [1.54, 1.807) is 20.2 Å². The van der Waals surface area contributed by atoms with E-state index < -0.39 is 0 Å². The van der Waals surface area contributed by atoms with Crippen molar-refractivity contribution >= 4 is 5.96 Å². The lowest BCUT2D eigenvalue weighted by molar-refractivity contribution is 0.414. The molecule has 0 radical (unpaired) electrons. The van der Waals surface area contributed by atoms with Gasteiger partial charge in [-0.1, -0.05) is 18.2 Å². The molecule has 0 heterocycles. The van der Waals surface area contributed by atoms with Crippen molar-refractivity contribution in [2.45, 2.75) is 6.54 Å². The van der Waals surface area contributed by atoms with Crippen molar-refractivity contribution in [1.29, 1.82) is 0 Å². The number of hydrogen-bond acceptors (Lipinski definition) is 2. The van der Waals surface area contributed by atoms with Gasteiger partial charge in [-0.25, -0.2) is 0 Å². The molecule has 0 amide bonds. The Balaban J connectivity index is 2.45. The van der Waals surface area contributed by atoms with Crippen LogP contribution in [-0.4, -0.2) is 26.7 Å². The van der Waals surface area contributed by atoms with Crippen molar-refractivity contribution < 1.29 is 4.74 Å². The predicted molar refractivity (Wildman–Crippen MR) is 71.4 cm³/mol. The fourth-order valence-corrected chi connectivity index (χ4v) is 1.32. The molecule has 17 heavy (non-hydrogen) atoms. The molecular weight excluding hydrogens is 214 g/mol. The first kappa shape index (κ1) is 13.1.